The van der Waals surface area contributed by atoms with Crippen LogP contribution in [0.15, 0.2) is 70.4 Å². The van der Waals surface area contributed by atoms with E-state index >= 15 is 0 Å². The topological polar surface area (TPSA) is 124 Å². The lowest BCUT2D eigenvalue weighted by Crippen LogP contribution is -2.14. The van der Waals surface area contributed by atoms with Gasteiger partial charge in [-0.2, -0.15) is 0 Å². The van der Waals surface area contributed by atoms with Gasteiger partial charge in [0.1, 0.15) is 0 Å². The van der Waals surface area contributed by atoms with Gasteiger partial charge in [-0.3, -0.25) is 9.52 Å². The van der Waals surface area contributed by atoms with Gasteiger partial charge in [0.15, 0.2) is 0 Å². The van der Waals surface area contributed by atoms with E-state index in [0.29, 0.717) is 22.3 Å². The van der Waals surface area contributed by atoms with Crippen molar-refractivity contribution in [1.82, 2.24) is 9.97 Å². The number of imidazole rings is 1. The number of rotatable bonds is 5. The highest BCUT2D eigenvalue weighted by Gasteiger charge is 2.16. The number of sulfonamides is 1. The number of anilines is 2. The lowest BCUT2D eigenvalue weighted by Gasteiger charge is -2.10. The minimum absolute atomic E-state index is 0.0127. The van der Waals surface area contributed by atoms with E-state index in [1.807, 2.05) is 12.1 Å². The van der Waals surface area contributed by atoms with Gasteiger partial charge in [-0.1, -0.05) is 6.07 Å². The second kappa shape index (κ2) is 7.69. The summed E-state index contributed by atoms with van der Waals surface area (Å²) in [6, 6.07) is 16.5. The summed E-state index contributed by atoms with van der Waals surface area (Å²) < 4.78 is 27.9. The van der Waals surface area contributed by atoms with Crippen molar-refractivity contribution in [3.8, 4) is 0 Å². The van der Waals surface area contributed by atoms with Crippen molar-refractivity contribution >= 4 is 38.3 Å². The molecule has 1 aliphatic carbocycles. The van der Waals surface area contributed by atoms with Crippen LogP contribution in [0.4, 0.5) is 11.4 Å². The number of carbonyl (C=O) groups is 1. The third kappa shape index (κ3) is 3.90. The fraction of sp³-hybridized carbons (Fsp3) is 0.130. The molecule has 4 N–H and O–H groups in total. The van der Waals surface area contributed by atoms with Crippen LogP contribution in [0.2, 0.25) is 0 Å². The monoisotopic (exact) mass is 448 g/mol. The predicted octanol–water partition coefficient (Wildman–Crippen LogP) is 3.40. The average molecular weight is 449 g/mol. The molecule has 1 amide bonds. The molecule has 1 heterocycles. The van der Waals surface area contributed by atoms with Crippen molar-refractivity contribution in [2.45, 2.75) is 24.2 Å². The summed E-state index contributed by atoms with van der Waals surface area (Å²) in [6.07, 6.45) is 3.25. The molecule has 1 aliphatic rings. The molecule has 0 radical (unpaired) electrons. The molecule has 8 nitrogen and oxygen atoms in total. The summed E-state index contributed by atoms with van der Waals surface area (Å²) in [6.45, 7) is 0. The summed E-state index contributed by atoms with van der Waals surface area (Å²) in [7, 11) is -3.87. The maximum atomic E-state index is 12.7. The highest BCUT2D eigenvalue weighted by molar-refractivity contribution is 7.92. The molecular formula is C23H20N4O4S. The van der Waals surface area contributed by atoms with Crippen LogP contribution in [0.25, 0.3) is 11.0 Å². The van der Waals surface area contributed by atoms with Gasteiger partial charge in [0, 0.05) is 16.9 Å². The van der Waals surface area contributed by atoms with E-state index in [4.69, 9.17) is 0 Å². The largest absolute Gasteiger partial charge is 0.323 e. The van der Waals surface area contributed by atoms with E-state index in [0.717, 1.165) is 24.9 Å². The maximum absolute atomic E-state index is 12.7. The number of hydrogen-bond donors (Lipinski definition) is 4. The van der Waals surface area contributed by atoms with Crippen LogP contribution >= 0.6 is 0 Å². The molecule has 0 unspecified atom stereocenters. The molecule has 0 saturated heterocycles. The van der Waals surface area contributed by atoms with Crippen molar-refractivity contribution in [2.75, 3.05) is 10.0 Å². The Kier molecular flexibility index (Phi) is 4.82. The zero-order valence-electron chi connectivity index (χ0n) is 16.9. The molecule has 4 aromatic rings. The molecule has 162 valence electrons. The Labute approximate surface area is 183 Å². The number of aromatic nitrogens is 2. The van der Waals surface area contributed by atoms with Gasteiger partial charge in [0.05, 0.1) is 15.9 Å². The van der Waals surface area contributed by atoms with E-state index in [-0.39, 0.29) is 10.8 Å². The van der Waals surface area contributed by atoms with E-state index in [1.54, 1.807) is 12.1 Å². The minimum atomic E-state index is -3.87. The predicted molar refractivity (Wildman–Crippen MR) is 123 cm³/mol. The summed E-state index contributed by atoms with van der Waals surface area (Å²) in [4.78, 5) is 29.1. The van der Waals surface area contributed by atoms with E-state index in [2.05, 4.69) is 26.1 Å². The number of fused-ring (bicyclic) bond motifs is 2. The first kappa shape index (κ1) is 20.1. The highest BCUT2D eigenvalue weighted by atomic mass is 32.2. The first-order chi connectivity index (χ1) is 15.4. The molecule has 0 aliphatic heterocycles. The van der Waals surface area contributed by atoms with Crippen molar-refractivity contribution < 1.29 is 13.2 Å². The van der Waals surface area contributed by atoms with Gasteiger partial charge in [0.2, 0.25) is 0 Å². The molecule has 0 fully saturated rings. The zero-order chi connectivity index (χ0) is 22.3. The smallest absolute Gasteiger partial charge is 0.322 e. The third-order valence-electron chi connectivity index (χ3n) is 5.55. The van der Waals surface area contributed by atoms with Gasteiger partial charge in [-0.25, -0.2) is 13.2 Å². The number of hydrogen-bond acceptors (Lipinski definition) is 4. The van der Waals surface area contributed by atoms with E-state index in [9.17, 15) is 18.0 Å². The molecule has 3 aromatic carbocycles. The fourth-order valence-electron chi connectivity index (χ4n) is 3.94. The van der Waals surface area contributed by atoms with Crippen molar-refractivity contribution in [2.24, 2.45) is 0 Å². The average Bonchev–Trinajstić information content (AvgIpc) is 3.38. The molecule has 0 saturated carbocycles. The van der Waals surface area contributed by atoms with Gasteiger partial charge in [-0.15, -0.1) is 0 Å². The van der Waals surface area contributed by atoms with Crippen LogP contribution in [-0.4, -0.2) is 24.3 Å². The number of carbonyl (C=O) groups excluding carboxylic acids is 1. The Bertz CT molecular complexity index is 1500. The van der Waals surface area contributed by atoms with Crippen LogP contribution in [0, 0.1) is 0 Å². The molecule has 0 spiro atoms. The summed E-state index contributed by atoms with van der Waals surface area (Å²) >= 11 is 0. The van der Waals surface area contributed by atoms with Crippen LogP contribution in [0.3, 0.4) is 0 Å². The minimum Gasteiger partial charge on any atom is -0.322 e. The first-order valence-electron chi connectivity index (χ1n) is 10.2. The SMILES string of the molecule is O=C(Nc1ccc2c(c1)CCC2)c1ccc(NS(=O)(=O)c2ccc3[nH]c(=O)[nH]c3c2)cc1. The number of nitrogens with one attached hydrogen (secondary N) is 4. The molecular weight excluding hydrogens is 428 g/mol. The van der Waals surface area contributed by atoms with Crippen LogP contribution in [0.1, 0.15) is 27.9 Å². The molecule has 0 atom stereocenters. The molecule has 5 rings (SSSR count). The quantitative estimate of drug-likeness (QED) is 0.373. The number of H-pyrrole nitrogens is 2. The van der Waals surface area contributed by atoms with Gasteiger partial charge < -0.3 is 15.3 Å². The Morgan fingerprint density at radius 3 is 2.34 bits per heavy atom. The van der Waals surface area contributed by atoms with Crippen LogP contribution < -0.4 is 15.7 Å². The molecule has 1 aromatic heterocycles. The van der Waals surface area contributed by atoms with Crippen molar-refractivity contribution in [3.63, 3.8) is 0 Å². The number of aryl methyl sites for hydroxylation is 2. The second-order valence-corrected chi connectivity index (χ2v) is 9.44. The van der Waals surface area contributed by atoms with Gasteiger partial charge >= 0.3 is 5.69 Å². The Balaban J connectivity index is 1.30. The van der Waals surface area contributed by atoms with Crippen LogP contribution in [0.5, 0.6) is 0 Å². The number of aromatic amines is 2. The maximum Gasteiger partial charge on any atom is 0.323 e. The lowest BCUT2D eigenvalue weighted by atomic mass is 10.1. The number of benzene rings is 3. The highest BCUT2D eigenvalue weighted by Crippen LogP contribution is 2.25. The van der Waals surface area contributed by atoms with Gasteiger partial charge in [-0.05, 0) is 85.0 Å². The normalized spacial score (nSPS) is 13.1. The Hall–Kier alpha value is -3.85. The van der Waals surface area contributed by atoms with E-state index < -0.39 is 15.7 Å². The number of amides is 1. The Morgan fingerprint density at radius 2 is 1.53 bits per heavy atom. The molecule has 32 heavy (non-hydrogen) atoms. The van der Waals surface area contributed by atoms with Crippen molar-refractivity contribution in [3.05, 3.63) is 87.8 Å². The standard InChI is InChI=1S/C23H20N4O4S/c28-22(24-18-9-4-14-2-1-3-16(14)12-18)15-5-7-17(8-6-15)27-32(30,31)19-10-11-20-21(13-19)26-23(29)25-20/h4-13,27H,1-3H2,(H,24,28)(H2,25,26,29). The molecule has 0 bridgehead atoms. The first-order valence-corrected chi connectivity index (χ1v) is 11.6. The molecule has 9 heteroatoms. The lowest BCUT2D eigenvalue weighted by molar-refractivity contribution is 0.102. The fourth-order valence-corrected chi connectivity index (χ4v) is 5.02. The summed E-state index contributed by atoms with van der Waals surface area (Å²) in [5, 5.41) is 2.89. The van der Waals surface area contributed by atoms with Crippen molar-refractivity contribution in [1.29, 1.82) is 0 Å². The summed E-state index contributed by atoms with van der Waals surface area (Å²) in [5.41, 5.74) is 4.61. The Morgan fingerprint density at radius 1 is 0.812 bits per heavy atom. The third-order valence-corrected chi connectivity index (χ3v) is 6.93. The van der Waals surface area contributed by atoms with Gasteiger partial charge in [0.25, 0.3) is 15.9 Å². The summed E-state index contributed by atoms with van der Waals surface area (Å²) in [5.74, 6) is -0.265. The van der Waals surface area contributed by atoms with Crippen LogP contribution in [-0.2, 0) is 22.9 Å². The van der Waals surface area contributed by atoms with E-state index in [1.165, 1.54) is 41.5 Å². The zero-order valence-corrected chi connectivity index (χ0v) is 17.8. The second-order valence-electron chi connectivity index (χ2n) is 7.76.